The van der Waals surface area contributed by atoms with Crippen molar-refractivity contribution in [2.75, 3.05) is 18.6 Å². The van der Waals surface area contributed by atoms with E-state index in [4.69, 9.17) is 14.2 Å². The van der Waals surface area contributed by atoms with Gasteiger partial charge in [0.15, 0.2) is 11.5 Å². The molecule has 4 aromatic rings. The van der Waals surface area contributed by atoms with Crippen molar-refractivity contribution in [3.63, 3.8) is 0 Å². The van der Waals surface area contributed by atoms with Crippen molar-refractivity contribution in [1.29, 1.82) is 0 Å². The van der Waals surface area contributed by atoms with E-state index in [0.29, 0.717) is 47.3 Å². The predicted molar refractivity (Wildman–Crippen MR) is 167 cm³/mol. The lowest BCUT2D eigenvalue weighted by atomic mass is 9.94. The summed E-state index contributed by atoms with van der Waals surface area (Å²) in [6.07, 6.45) is 0. The Morgan fingerprint density at radius 2 is 1.56 bits per heavy atom. The third-order valence-electron chi connectivity index (χ3n) is 7.77. The highest BCUT2D eigenvalue weighted by atomic mass is 16.5. The Hall–Kier alpha value is -5.04. The van der Waals surface area contributed by atoms with Gasteiger partial charge in [0.25, 0.3) is 11.7 Å². The molecule has 43 heavy (non-hydrogen) atoms. The first-order valence-electron chi connectivity index (χ1n) is 14.2. The van der Waals surface area contributed by atoms with Crippen LogP contribution in [0.3, 0.4) is 0 Å². The second-order valence-corrected chi connectivity index (χ2v) is 10.5. The lowest BCUT2D eigenvalue weighted by molar-refractivity contribution is -0.132. The van der Waals surface area contributed by atoms with Gasteiger partial charge in [0.1, 0.15) is 18.1 Å². The number of carbonyl (C=O) groups is 2. The molecule has 0 saturated carbocycles. The first kappa shape index (κ1) is 29.5. The van der Waals surface area contributed by atoms with E-state index >= 15 is 0 Å². The van der Waals surface area contributed by atoms with Gasteiger partial charge in [-0.05, 0) is 91.9 Å². The molecule has 0 radical (unpaired) electrons. The van der Waals surface area contributed by atoms with Crippen LogP contribution in [0.1, 0.15) is 46.3 Å². The van der Waals surface area contributed by atoms with E-state index in [9.17, 15) is 14.7 Å². The Morgan fingerprint density at radius 3 is 2.26 bits per heavy atom. The second kappa shape index (κ2) is 12.4. The number of anilines is 1. The van der Waals surface area contributed by atoms with Crippen molar-refractivity contribution in [2.45, 2.75) is 40.3 Å². The van der Waals surface area contributed by atoms with Gasteiger partial charge in [0, 0.05) is 11.3 Å². The van der Waals surface area contributed by atoms with Gasteiger partial charge < -0.3 is 19.3 Å². The first-order valence-corrected chi connectivity index (χ1v) is 14.2. The zero-order valence-electron chi connectivity index (χ0n) is 25.0. The Labute approximate surface area is 252 Å². The van der Waals surface area contributed by atoms with Crippen LogP contribution in [-0.2, 0) is 16.2 Å². The molecule has 4 aromatic carbocycles. The fraction of sp³-hybridized carbons (Fsp3) is 0.222. The molecule has 1 saturated heterocycles. The SMILES string of the molecule is CCOc1cc(C2/C(=C(\O)c3ccc(OCc4ccccc4)c(C)c3)C(=O)C(=O)N2c2cccc(C)c2C)ccc1OC. The zero-order valence-corrected chi connectivity index (χ0v) is 25.0. The van der Waals surface area contributed by atoms with E-state index in [-0.39, 0.29) is 11.3 Å². The molecule has 0 aliphatic carbocycles. The largest absolute Gasteiger partial charge is 0.507 e. The topological polar surface area (TPSA) is 85.3 Å². The molecule has 1 unspecified atom stereocenters. The van der Waals surface area contributed by atoms with E-state index in [1.807, 2.05) is 76.2 Å². The summed E-state index contributed by atoms with van der Waals surface area (Å²) < 4.78 is 17.3. The number of hydrogen-bond acceptors (Lipinski definition) is 6. The summed E-state index contributed by atoms with van der Waals surface area (Å²) in [6, 6.07) is 25.1. The van der Waals surface area contributed by atoms with Crippen molar-refractivity contribution in [3.05, 3.63) is 124 Å². The van der Waals surface area contributed by atoms with E-state index in [2.05, 4.69) is 0 Å². The van der Waals surface area contributed by atoms with Crippen LogP contribution in [0.2, 0.25) is 0 Å². The van der Waals surface area contributed by atoms with Gasteiger partial charge in [-0.15, -0.1) is 0 Å². The maximum Gasteiger partial charge on any atom is 0.300 e. The molecular formula is C36H35NO6. The lowest BCUT2D eigenvalue weighted by Crippen LogP contribution is -2.30. The number of nitrogens with zero attached hydrogens (tertiary/aromatic N) is 1. The number of rotatable bonds is 9. The average molecular weight is 578 g/mol. The standard InChI is InChI=1S/C36H35NO6/c1-6-42-31-20-26(15-18-30(31)41-5)33-32(35(39)36(40)37(33)28-14-10-11-22(2)24(28)4)34(38)27-16-17-29(23(3)19-27)43-21-25-12-8-7-9-13-25/h7-20,33,38H,6,21H2,1-5H3/b34-32+. The highest BCUT2D eigenvalue weighted by molar-refractivity contribution is 6.51. The number of ketones is 1. The van der Waals surface area contributed by atoms with Crippen LogP contribution in [-0.4, -0.2) is 30.5 Å². The molecule has 1 atom stereocenters. The molecule has 7 nitrogen and oxygen atoms in total. The fourth-order valence-corrected chi connectivity index (χ4v) is 5.37. The number of carbonyl (C=O) groups excluding carboxylic acids is 2. The van der Waals surface area contributed by atoms with Gasteiger partial charge in [0.2, 0.25) is 0 Å². The number of aliphatic hydroxyl groups excluding tert-OH is 1. The normalized spacial score (nSPS) is 15.9. The summed E-state index contributed by atoms with van der Waals surface area (Å²) in [5.74, 6) is -0.0828. The summed E-state index contributed by atoms with van der Waals surface area (Å²) >= 11 is 0. The summed E-state index contributed by atoms with van der Waals surface area (Å²) in [5, 5.41) is 11.7. The number of benzene rings is 4. The predicted octanol–water partition coefficient (Wildman–Crippen LogP) is 7.22. The third-order valence-corrected chi connectivity index (χ3v) is 7.77. The van der Waals surface area contributed by atoms with Crippen LogP contribution < -0.4 is 19.1 Å². The van der Waals surface area contributed by atoms with Crippen molar-refractivity contribution in [1.82, 2.24) is 0 Å². The van der Waals surface area contributed by atoms with Gasteiger partial charge in [0.05, 0.1) is 25.3 Å². The van der Waals surface area contributed by atoms with Crippen molar-refractivity contribution < 1.29 is 28.9 Å². The van der Waals surface area contributed by atoms with Gasteiger partial charge >= 0.3 is 0 Å². The Kier molecular flexibility index (Phi) is 8.53. The molecular weight excluding hydrogens is 542 g/mol. The molecule has 5 rings (SSSR count). The molecule has 7 heteroatoms. The molecule has 1 fully saturated rings. The molecule has 1 aliphatic rings. The average Bonchev–Trinajstić information content (AvgIpc) is 3.27. The molecule has 220 valence electrons. The zero-order chi connectivity index (χ0) is 30.7. The number of aliphatic hydroxyl groups is 1. The van der Waals surface area contributed by atoms with Crippen LogP contribution in [0.4, 0.5) is 5.69 Å². The number of Topliss-reactive ketones (excluding diaryl/α,β-unsaturated/α-hetero) is 1. The van der Waals surface area contributed by atoms with Crippen LogP contribution >= 0.6 is 0 Å². The molecule has 0 aromatic heterocycles. The minimum Gasteiger partial charge on any atom is -0.507 e. The summed E-state index contributed by atoms with van der Waals surface area (Å²) in [5.41, 5.74) is 5.26. The number of methoxy groups -OCH3 is 1. The molecule has 1 amide bonds. The van der Waals surface area contributed by atoms with Gasteiger partial charge in [-0.2, -0.15) is 0 Å². The van der Waals surface area contributed by atoms with Crippen molar-refractivity contribution in [2.24, 2.45) is 0 Å². The highest BCUT2D eigenvalue weighted by Gasteiger charge is 2.47. The molecule has 1 aliphatic heterocycles. The van der Waals surface area contributed by atoms with E-state index in [1.54, 1.807) is 43.5 Å². The lowest BCUT2D eigenvalue weighted by Gasteiger charge is -2.28. The second-order valence-electron chi connectivity index (χ2n) is 10.5. The Morgan fingerprint density at radius 1 is 0.814 bits per heavy atom. The Balaban J connectivity index is 1.62. The monoisotopic (exact) mass is 577 g/mol. The maximum atomic E-state index is 13.7. The van der Waals surface area contributed by atoms with Crippen LogP contribution in [0.5, 0.6) is 17.2 Å². The third kappa shape index (κ3) is 5.71. The smallest absolute Gasteiger partial charge is 0.300 e. The molecule has 0 bridgehead atoms. The minimum absolute atomic E-state index is 0.00382. The number of aryl methyl sites for hydroxylation is 2. The van der Waals surface area contributed by atoms with Crippen molar-refractivity contribution in [3.8, 4) is 17.2 Å². The van der Waals surface area contributed by atoms with Gasteiger partial charge in [-0.25, -0.2) is 0 Å². The quantitative estimate of drug-likeness (QED) is 0.128. The molecule has 0 spiro atoms. The van der Waals surface area contributed by atoms with E-state index in [0.717, 1.165) is 22.3 Å². The number of hydrogen-bond donors (Lipinski definition) is 1. The molecule has 1 N–H and O–H groups in total. The van der Waals surface area contributed by atoms with E-state index in [1.165, 1.54) is 4.90 Å². The number of amides is 1. The van der Waals surface area contributed by atoms with Gasteiger partial charge in [-0.1, -0.05) is 48.5 Å². The minimum atomic E-state index is -0.903. The molecule has 1 heterocycles. The van der Waals surface area contributed by atoms with E-state index < -0.39 is 17.7 Å². The Bertz CT molecular complexity index is 1710. The first-order chi connectivity index (χ1) is 20.7. The fourth-order valence-electron chi connectivity index (χ4n) is 5.37. The van der Waals surface area contributed by atoms with Gasteiger partial charge in [-0.3, -0.25) is 14.5 Å². The highest BCUT2D eigenvalue weighted by Crippen LogP contribution is 2.45. The van der Waals surface area contributed by atoms with Crippen LogP contribution in [0, 0.1) is 20.8 Å². The number of ether oxygens (including phenoxy) is 3. The summed E-state index contributed by atoms with van der Waals surface area (Å²) in [7, 11) is 1.55. The summed E-state index contributed by atoms with van der Waals surface area (Å²) in [6.45, 7) is 8.40. The van der Waals surface area contributed by atoms with Crippen molar-refractivity contribution >= 4 is 23.1 Å². The van der Waals surface area contributed by atoms with Crippen LogP contribution in [0.15, 0.2) is 90.5 Å². The van der Waals surface area contributed by atoms with Crippen LogP contribution in [0.25, 0.3) is 5.76 Å². The summed E-state index contributed by atoms with van der Waals surface area (Å²) in [4.78, 5) is 28.9. The maximum absolute atomic E-state index is 13.7.